The van der Waals surface area contributed by atoms with Crippen molar-refractivity contribution in [3.05, 3.63) is 36.0 Å². The highest BCUT2D eigenvalue weighted by molar-refractivity contribution is 5.81. The van der Waals surface area contributed by atoms with Crippen LogP contribution in [0.1, 0.15) is 36.8 Å². The van der Waals surface area contributed by atoms with E-state index in [-0.39, 0.29) is 18.0 Å². The highest BCUT2D eigenvalue weighted by atomic mass is 16.5. The second kappa shape index (κ2) is 6.44. The number of amides is 1. The van der Waals surface area contributed by atoms with Gasteiger partial charge in [-0.05, 0) is 29.6 Å². The third-order valence-corrected chi connectivity index (χ3v) is 4.70. The Bertz CT molecular complexity index is 743. The van der Waals surface area contributed by atoms with Crippen LogP contribution in [0.15, 0.2) is 29.0 Å². The van der Waals surface area contributed by atoms with Crippen molar-refractivity contribution in [1.82, 2.24) is 25.3 Å². The summed E-state index contributed by atoms with van der Waals surface area (Å²) in [6, 6.07) is 4.34. The predicted octanol–water partition coefficient (Wildman–Crippen LogP) is 1.12. The molecule has 132 valence electrons. The molecule has 2 fully saturated rings. The van der Waals surface area contributed by atoms with Crippen molar-refractivity contribution in [1.29, 1.82) is 0 Å². The molecule has 3 heterocycles. The standard InChI is InChI=1S/C17H22N6O2/c1-22(2)17-20-14(25-21-17)10-19-13-8-15(24)23(12-5-6-12)16(13)11-4-3-7-18-9-11/h3-4,7,9,12-13,16,19H,5-6,8,10H2,1-2H3/t13-,16+/m1/s1. The number of anilines is 1. The van der Waals surface area contributed by atoms with Crippen molar-refractivity contribution in [2.45, 2.75) is 43.9 Å². The van der Waals surface area contributed by atoms with Gasteiger partial charge < -0.3 is 19.6 Å². The molecule has 1 aliphatic carbocycles. The van der Waals surface area contributed by atoms with Crippen LogP contribution in [0.5, 0.6) is 0 Å². The molecule has 0 aromatic carbocycles. The van der Waals surface area contributed by atoms with E-state index in [9.17, 15) is 4.79 Å². The van der Waals surface area contributed by atoms with E-state index in [1.165, 1.54) is 0 Å². The molecule has 1 saturated heterocycles. The van der Waals surface area contributed by atoms with Gasteiger partial charge in [-0.3, -0.25) is 9.78 Å². The van der Waals surface area contributed by atoms with Crippen LogP contribution < -0.4 is 10.2 Å². The SMILES string of the molecule is CN(C)c1noc(CN[C@@H]2CC(=O)N(C3CC3)[C@H]2c2cccnc2)n1. The van der Waals surface area contributed by atoms with Crippen LogP contribution in [-0.4, -0.2) is 52.1 Å². The van der Waals surface area contributed by atoms with Crippen molar-refractivity contribution in [2.24, 2.45) is 0 Å². The first-order valence-electron chi connectivity index (χ1n) is 8.58. The number of nitrogens with one attached hydrogen (secondary N) is 1. The Morgan fingerprint density at radius 1 is 1.40 bits per heavy atom. The van der Waals surface area contributed by atoms with Crippen LogP contribution in [0, 0.1) is 0 Å². The van der Waals surface area contributed by atoms with Gasteiger partial charge in [0.1, 0.15) is 0 Å². The quantitative estimate of drug-likeness (QED) is 0.842. The first kappa shape index (κ1) is 16.0. The number of likely N-dealkylation sites (tertiary alicyclic amines) is 1. The highest BCUT2D eigenvalue weighted by Gasteiger charge is 2.47. The molecule has 2 aromatic heterocycles. The third-order valence-electron chi connectivity index (χ3n) is 4.70. The lowest BCUT2D eigenvalue weighted by Gasteiger charge is -2.28. The average molecular weight is 342 g/mol. The van der Waals surface area contributed by atoms with Crippen molar-refractivity contribution in [3.63, 3.8) is 0 Å². The first-order chi connectivity index (χ1) is 12.1. The monoisotopic (exact) mass is 342 g/mol. The molecule has 2 aromatic rings. The number of pyridine rings is 1. The summed E-state index contributed by atoms with van der Waals surface area (Å²) >= 11 is 0. The molecule has 2 atom stereocenters. The molecule has 8 heteroatoms. The summed E-state index contributed by atoms with van der Waals surface area (Å²) in [6.45, 7) is 0.439. The Kier molecular flexibility index (Phi) is 4.12. The van der Waals surface area contributed by atoms with Gasteiger partial charge >= 0.3 is 0 Å². The lowest BCUT2D eigenvalue weighted by molar-refractivity contribution is -0.129. The summed E-state index contributed by atoms with van der Waals surface area (Å²) in [5.74, 6) is 1.27. The van der Waals surface area contributed by atoms with Crippen LogP contribution in [0.25, 0.3) is 0 Å². The topological polar surface area (TPSA) is 87.4 Å². The summed E-state index contributed by atoms with van der Waals surface area (Å²) in [5, 5.41) is 7.36. The molecular weight excluding hydrogens is 320 g/mol. The fraction of sp³-hybridized carbons (Fsp3) is 0.529. The maximum Gasteiger partial charge on any atom is 0.265 e. The van der Waals surface area contributed by atoms with Crippen molar-refractivity contribution in [2.75, 3.05) is 19.0 Å². The van der Waals surface area contributed by atoms with Crippen LogP contribution in [0.3, 0.4) is 0 Å². The molecule has 2 aliphatic rings. The van der Waals surface area contributed by atoms with Gasteiger partial charge in [-0.1, -0.05) is 6.07 Å². The van der Waals surface area contributed by atoms with Gasteiger partial charge in [0, 0.05) is 45.0 Å². The lowest BCUT2D eigenvalue weighted by atomic mass is 10.0. The number of carbonyl (C=O) groups is 1. The Balaban J connectivity index is 1.51. The fourth-order valence-electron chi connectivity index (χ4n) is 3.38. The fourth-order valence-corrected chi connectivity index (χ4v) is 3.38. The molecule has 1 aliphatic heterocycles. The van der Waals surface area contributed by atoms with E-state index in [0.29, 0.717) is 30.8 Å². The Labute approximate surface area is 146 Å². The van der Waals surface area contributed by atoms with Crippen LogP contribution in [0.2, 0.25) is 0 Å². The number of aromatic nitrogens is 3. The molecule has 25 heavy (non-hydrogen) atoms. The molecule has 8 nitrogen and oxygen atoms in total. The number of hydrogen-bond acceptors (Lipinski definition) is 7. The maximum atomic E-state index is 12.6. The summed E-state index contributed by atoms with van der Waals surface area (Å²) in [7, 11) is 3.73. The largest absolute Gasteiger partial charge is 0.344 e. The lowest BCUT2D eigenvalue weighted by Crippen LogP contribution is -2.37. The molecule has 1 amide bonds. The minimum Gasteiger partial charge on any atom is -0.344 e. The van der Waals surface area contributed by atoms with E-state index in [1.807, 2.05) is 37.3 Å². The van der Waals surface area contributed by atoms with Crippen molar-refractivity contribution < 1.29 is 9.32 Å². The van der Waals surface area contributed by atoms with Crippen LogP contribution in [-0.2, 0) is 11.3 Å². The van der Waals surface area contributed by atoms with Crippen molar-refractivity contribution >= 4 is 11.9 Å². The minimum atomic E-state index is 0.00457. The molecule has 1 saturated carbocycles. The zero-order valence-electron chi connectivity index (χ0n) is 14.4. The van der Waals surface area contributed by atoms with Gasteiger partial charge in [0.15, 0.2) is 0 Å². The molecule has 0 unspecified atom stereocenters. The molecule has 0 bridgehead atoms. The summed E-state index contributed by atoms with van der Waals surface area (Å²) in [6.07, 6.45) is 6.26. The van der Waals surface area contributed by atoms with Crippen LogP contribution >= 0.6 is 0 Å². The number of rotatable bonds is 6. The highest BCUT2D eigenvalue weighted by Crippen LogP contribution is 2.41. The van der Waals surface area contributed by atoms with Gasteiger partial charge in [-0.25, -0.2) is 0 Å². The van der Waals surface area contributed by atoms with E-state index >= 15 is 0 Å². The van der Waals surface area contributed by atoms with E-state index in [0.717, 1.165) is 18.4 Å². The van der Waals surface area contributed by atoms with Gasteiger partial charge in [-0.15, -0.1) is 0 Å². The van der Waals surface area contributed by atoms with E-state index in [1.54, 1.807) is 11.1 Å². The van der Waals surface area contributed by atoms with Gasteiger partial charge in [0.2, 0.25) is 11.8 Å². The number of nitrogens with zero attached hydrogens (tertiary/aromatic N) is 5. The number of hydrogen-bond donors (Lipinski definition) is 1. The molecular formula is C17H22N6O2. The number of carbonyl (C=O) groups excluding carboxylic acids is 1. The maximum absolute atomic E-state index is 12.6. The molecule has 4 rings (SSSR count). The first-order valence-corrected chi connectivity index (χ1v) is 8.58. The smallest absolute Gasteiger partial charge is 0.265 e. The van der Waals surface area contributed by atoms with Crippen LogP contribution in [0.4, 0.5) is 5.95 Å². The van der Waals surface area contributed by atoms with E-state index < -0.39 is 0 Å². The minimum absolute atomic E-state index is 0.00457. The van der Waals surface area contributed by atoms with Gasteiger partial charge in [0.25, 0.3) is 5.95 Å². The van der Waals surface area contributed by atoms with E-state index in [4.69, 9.17) is 4.52 Å². The van der Waals surface area contributed by atoms with Gasteiger partial charge in [0.05, 0.1) is 12.6 Å². The second-order valence-corrected chi connectivity index (χ2v) is 6.84. The Morgan fingerprint density at radius 2 is 2.24 bits per heavy atom. The van der Waals surface area contributed by atoms with Crippen molar-refractivity contribution in [3.8, 4) is 0 Å². The van der Waals surface area contributed by atoms with Gasteiger partial charge in [-0.2, -0.15) is 4.98 Å². The second-order valence-electron chi connectivity index (χ2n) is 6.84. The average Bonchev–Trinajstić information content (AvgIpc) is 3.22. The summed E-state index contributed by atoms with van der Waals surface area (Å²) in [5.41, 5.74) is 1.07. The van der Waals surface area contributed by atoms with E-state index in [2.05, 4.69) is 20.4 Å². The Morgan fingerprint density at radius 3 is 2.88 bits per heavy atom. The predicted molar refractivity (Wildman–Crippen MR) is 90.7 cm³/mol. The summed E-state index contributed by atoms with van der Waals surface area (Å²) < 4.78 is 5.26. The molecule has 1 N–H and O–H groups in total. The molecule has 0 radical (unpaired) electrons. The third kappa shape index (κ3) is 3.21. The molecule has 0 spiro atoms. The zero-order chi connectivity index (χ0) is 17.4. The zero-order valence-corrected chi connectivity index (χ0v) is 14.4. The Hall–Kier alpha value is -2.48. The summed E-state index contributed by atoms with van der Waals surface area (Å²) in [4.78, 5) is 24.9. The normalized spacial score (nSPS) is 23.3.